The first-order valence-electron chi connectivity index (χ1n) is 9.81. The quantitative estimate of drug-likeness (QED) is 0.590. The highest BCUT2D eigenvalue weighted by Gasteiger charge is 2.62. The van der Waals surface area contributed by atoms with E-state index in [1.54, 1.807) is 0 Å². The SMILES string of the molecule is C[C@]12CCC(=O)C(=[N+]=[N-])C1CC[C@@H]1[C@H]2CC[C@]2(C)C(CO)CC[C@@H]12. The molecule has 0 spiro atoms. The zero-order valence-electron chi connectivity index (χ0n) is 15.0. The summed E-state index contributed by atoms with van der Waals surface area (Å²) in [6.45, 7) is 5.11. The van der Waals surface area contributed by atoms with Crippen LogP contribution in [0.15, 0.2) is 0 Å². The molecule has 4 fully saturated rings. The number of ketones is 1. The van der Waals surface area contributed by atoms with Crippen LogP contribution >= 0.6 is 0 Å². The van der Waals surface area contributed by atoms with Gasteiger partial charge < -0.3 is 10.6 Å². The fraction of sp³-hybridized carbons (Fsp3) is 0.900. The van der Waals surface area contributed by atoms with Crippen molar-refractivity contribution in [2.45, 2.75) is 65.2 Å². The summed E-state index contributed by atoms with van der Waals surface area (Å²) in [6.07, 6.45) is 8.45. The topological polar surface area (TPSA) is 73.7 Å². The fourth-order valence-electron chi connectivity index (χ4n) is 7.50. The molecule has 4 saturated carbocycles. The summed E-state index contributed by atoms with van der Waals surface area (Å²) in [5.41, 5.74) is 10.3. The van der Waals surface area contributed by atoms with Crippen molar-refractivity contribution in [2.75, 3.05) is 6.61 Å². The molecule has 0 aromatic rings. The summed E-state index contributed by atoms with van der Waals surface area (Å²) in [6, 6.07) is 0. The van der Waals surface area contributed by atoms with E-state index in [2.05, 4.69) is 18.6 Å². The number of aliphatic hydroxyl groups excluding tert-OH is 1. The van der Waals surface area contributed by atoms with Crippen molar-refractivity contribution < 1.29 is 14.7 Å². The van der Waals surface area contributed by atoms with Gasteiger partial charge in [0.05, 0.1) is 5.92 Å². The first-order valence-corrected chi connectivity index (χ1v) is 9.81. The molecule has 1 N–H and O–H groups in total. The van der Waals surface area contributed by atoms with Crippen molar-refractivity contribution in [3.8, 4) is 0 Å². The van der Waals surface area contributed by atoms with E-state index in [1.807, 2.05) is 0 Å². The Morgan fingerprint density at radius 3 is 2.54 bits per heavy atom. The molecule has 0 aromatic heterocycles. The monoisotopic (exact) mass is 330 g/mol. The molecule has 24 heavy (non-hydrogen) atoms. The van der Waals surface area contributed by atoms with Crippen molar-refractivity contribution in [2.24, 2.45) is 40.4 Å². The van der Waals surface area contributed by atoms with E-state index >= 15 is 0 Å². The maximum Gasteiger partial charge on any atom is 0.337 e. The average Bonchev–Trinajstić information content (AvgIpc) is 2.91. The van der Waals surface area contributed by atoms with Gasteiger partial charge in [-0.25, -0.2) is 0 Å². The third-order valence-electron chi connectivity index (χ3n) is 8.90. The molecule has 0 heterocycles. The van der Waals surface area contributed by atoms with Crippen LogP contribution in [0.2, 0.25) is 0 Å². The Morgan fingerprint density at radius 2 is 1.83 bits per heavy atom. The van der Waals surface area contributed by atoms with Crippen molar-refractivity contribution in [1.29, 1.82) is 0 Å². The summed E-state index contributed by atoms with van der Waals surface area (Å²) in [5, 5.41) is 9.82. The molecular formula is C20H30N2O2. The summed E-state index contributed by atoms with van der Waals surface area (Å²) in [4.78, 5) is 15.6. The van der Waals surface area contributed by atoms with Crippen LogP contribution in [0.1, 0.15) is 65.2 Å². The van der Waals surface area contributed by atoms with Crippen LogP contribution in [0.5, 0.6) is 0 Å². The van der Waals surface area contributed by atoms with Crippen LogP contribution in [0.4, 0.5) is 0 Å². The Kier molecular flexibility index (Phi) is 3.78. The lowest BCUT2D eigenvalue weighted by atomic mass is 9.44. The van der Waals surface area contributed by atoms with Gasteiger partial charge in [0.15, 0.2) is 0 Å². The van der Waals surface area contributed by atoms with Crippen LogP contribution in [-0.4, -0.2) is 28.0 Å². The molecule has 0 aromatic carbocycles. The maximum atomic E-state index is 12.2. The normalized spacial score (nSPS) is 50.7. The van der Waals surface area contributed by atoms with Crippen LogP contribution < -0.4 is 0 Å². The van der Waals surface area contributed by atoms with Crippen molar-refractivity contribution in [1.82, 2.24) is 0 Å². The largest absolute Gasteiger partial charge is 0.396 e. The Morgan fingerprint density at radius 1 is 1.08 bits per heavy atom. The van der Waals surface area contributed by atoms with Crippen LogP contribution in [-0.2, 0) is 4.79 Å². The lowest BCUT2D eigenvalue weighted by Gasteiger charge is -2.59. The average molecular weight is 330 g/mol. The van der Waals surface area contributed by atoms with Gasteiger partial charge in [0.1, 0.15) is 0 Å². The first kappa shape index (κ1) is 16.5. The fourth-order valence-corrected chi connectivity index (χ4v) is 7.50. The highest BCUT2D eigenvalue weighted by atomic mass is 16.3. The lowest BCUT2D eigenvalue weighted by molar-refractivity contribution is -0.133. The zero-order valence-corrected chi connectivity index (χ0v) is 15.0. The number of carbonyl (C=O) groups excluding carboxylic acids is 1. The van der Waals surface area contributed by atoms with E-state index in [4.69, 9.17) is 0 Å². The standard InChI is InChI=1S/C20H30N2O2/c1-19-9-7-15-13(14(19)5-3-12(19)11-23)4-6-16-18(22-21)17(24)8-10-20(15,16)2/h12-16,23H,3-11H2,1-2H3/t12?,13-,14-,15+,16?,19+,20+/m0/s1. The molecule has 4 rings (SSSR count). The van der Waals surface area contributed by atoms with Crippen molar-refractivity contribution >= 4 is 11.5 Å². The Bertz CT molecular complexity index is 611. The second kappa shape index (κ2) is 5.51. The molecular weight excluding hydrogens is 300 g/mol. The Hall–Kier alpha value is -0.990. The van der Waals surface area contributed by atoms with Gasteiger partial charge in [-0.1, -0.05) is 13.8 Å². The second-order valence-corrected chi connectivity index (χ2v) is 9.42. The number of hydrogen-bond donors (Lipinski definition) is 1. The summed E-state index contributed by atoms with van der Waals surface area (Å²) >= 11 is 0. The van der Waals surface area contributed by atoms with Crippen molar-refractivity contribution in [3.05, 3.63) is 5.53 Å². The van der Waals surface area contributed by atoms with Gasteiger partial charge in [-0.05, 0) is 79.4 Å². The predicted molar refractivity (Wildman–Crippen MR) is 91.3 cm³/mol. The lowest BCUT2D eigenvalue weighted by Crippen LogP contribution is -2.56. The number of rotatable bonds is 1. The minimum Gasteiger partial charge on any atom is -0.396 e. The first-order chi connectivity index (χ1) is 11.5. The van der Waals surface area contributed by atoms with Crippen LogP contribution in [0, 0.1) is 40.4 Å². The van der Waals surface area contributed by atoms with Gasteiger partial charge in [0.25, 0.3) is 0 Å². The molecule has 7 atom stereocenters. The number of hydrogen-bond acceptors (Lipinski definition) is 2. The maximum absolute atomic E-state index is 12.2. The van der Waals surface area contributed by atoms with E-state index in [1.165, 1.54) is 25.7 Å². The molecule has 4 aliphatic carbocycles. The smallest absolute Gasteiger partial charge is 0.337 e. The zero-order chi connectivity index (χ0) is 17.1. The van der Waals surface area contributed by atoms with Gasteiger partial charge in [0, 0.05) is 13.0 Å². The molecule has 4 nitrogen and oxygen atoms in total. The Balaban J connectivity index is 1.67. The van der Waals surface area contributed by atoms with E-state index in [9.17, 15) is 15.4 Å². The summed E-state index contributed by atoms with van der Waals surface area (Å²) < 4.78 is 0. The molecule has 132 valence electrons. The molecule has 0 saturated heterocycles. The minimum absolute atomic E-state index is 0.0558. The highest BCUT2D eigenvalue weighted by Crippen LogP contribution is 2.66. The molecule has 0 bridgehead atoms. The van der Waals surface area contributed by atoms with Crippen molar-refractivity contribution in [3.63, 3.8) is 0 Å². The molecule has 0 amide bonds. The van der Waals surface area contributed by atoms with E-state index in [0.717, 1.165) is 31.1 Å². The van der Waals surface area contributed by atoms with Crippen LogP contribution in [0.3, 0.4) is 0 Å². The third-order valence-corrected chi connectivity index (χ3v) is 8.90. The van der Waals surface area contributed by atoms with Gasteiger partial charge in [-0.3, -0.25) is 4.79 Å². The van der Waals surface area contributed by atoms with E-state index < -0.39 is 0 Å². The van der Waals surface area contributed by atoms with Gasteiger partial charge in [-0.2, -0.15) is 4.79 Å². The molecule has 4 aliphatic rings. The van der Waals surface area contributed by atoms with Gasteiger partial charge in [-0.15, -0.1) is 0 Å². The predicted octanol–water partition coefficient (Wildman–Crippen LogP) is 3.49. The minimum atomic E-state index is 0.0558. The molecule has 4 heteroatoms. The molecule has 0 aliphatic heterocycles. The summed E-state index contributed by atoms with van der Waals surface area (Å²) in [5.74, 6) is 2.74. The molecule has 0 radical (unpaired) electrons. The Labute approximate surface area is 144 Å². The number of fused-ring (bicyclic) bond motifs is 5. The van der Waals surface area contributed by atoms with Gasteiger partial charge >= 0.3 is 5.71 Å². The number of Topliss-reactive ketones (excluding diaryl/α,β-unsaturated/α-hetero) is 1. The third kappa shape index (κ3) is 1.99. The number of aliphatic hydroxyl groups is 1. The van der Waals surface area contributed by atoms with Gasteiger partial charge in [0.2, 0.25) is 5.78 Å². The van der Waals surface area contributed by atoms with E-state index in [-0.39, 0.29) is 17.1 Å². The van der Waals surface area contributed by atoms with Crippen LogP contribution in [0.25, 0.3) is 5.53 Å². The highest BCUT2D eigenvalue weighted by molar-refractivity contribution is 6.39. The molecule has 2 unspecified atom stereocenters. The second-order valence-electron chi connectivity index (χ2n) is 9.42. The number of carbonyl (C=O) groups is 1. The van der Waals surface area contributed by atoms with E-state index in [0.29, 0.717) is 36.0 Å². The summed E-state index contributed by atoms with van der Waals surface area (Å²) in [7, 11) is 0. The number of nitrogens with zero attached hydrogens (tertiary/aromatic N) is 2.